The van der Waals surface area contributed by atoms with Gasteiger partial charge in [0.05, 0.1) is 34.9 Å². The molecule has 31 heavy (non-hydrogen) atoms. The second kappa shape index (κ2) is 7.84. The van der Waals surface area contributed by atoms with Gasteiger partial charge in [0.25, 0.3) is 0 Å². The number of alkyl halides is 1. The van der Waals surface area contributed by atoms with E-state index >= 15 is 0 Å². The number of anilines is 2. The maximum Gasteiger partial charge on any atom is 0.246 e. The third-order valence-electron chi connectivity index (χ3n) is 5.46. The van der Waals surface area contributed by atoms with E-state index < -0.39 is 12.3 Å². The van der Waals surface area contributed by atoms with Crippen LogP contribution in [-0.2, 0) is 4.79 Å². The van der Waals surface area contributed by atoms with Gasteiger partial charge in [-0.15, -0.1) is 0 Å². The van der Waals surface area contributed by atoms with Crippen molar-refractivity contribution < 1.29 is 13.9 Å². The number of carbonyl (C=O) groups excluding carboxylic acids is 1. The zero-order valence-electron chi connectivity index (χ0n) is 16.6. The van der Waals surface area contributed by atoms with E-state index in [1.165, 1.54) is 11.0 Å². The summed E-state index contributed by atoms with van der Waals surface area (Å²) in [5, 5.41) is 8.28. The lowest BCUT2D eigenvalue weighted by Gasteiger charge is -2.34. The van der Waals surface area contributed by atoms with Crippen LogP contribution in [0.15, 0.2) is 31.2 Å². The van der Waals surface area contributed by atoms with Crippen molar-refractivity contribution >= 4 is 40.2 Å². The fraction of sp³-hybridized carbons (Fsp3) is 0.400. The lowest BCUT2D eigenvalue weighted by Crippen LogP contribution is -2.49. The van der Waals surface area contributed by atoms with E-state index in [0.717, 1.165) is 18.5 Å². The summed E-state index contributed by atoms with van der Waals surface area (Å²) < 4.78 is 22.5. The number of piperidine rings is 1. The van der Waals surface area contributed by atoms with Crippen molar-refractivity contribution in [1.82, 2.24) is 29.6 Å². The molecule has 1 aliphatic carbocycles. The van der Waals surface area contributed by atoms with Gasteiger partial charge in [0.2, 0.25) is 17.7 Å². The average Bonchev–Trinajstić information content (AvgIpc) is 3.40. The largest absolute Gasteiger partial charge is 0.469 e. The number of nitrogens with one attached hydrogen (secondary N) is 2. The van der Waals surface area contributed by atoms with Crippen LogP contribution in [0.4, 0.5) is 16.0 Å². The molecule has 0 bridgehead atoms. The number of rotatable bonds is 6. The van der Waals surface area contributed by atoms with E-state index in [0.29, 0.717) is 28.6 Å². The van der Waals surface area contributed by atoms with Crippen molar-refractivity contribution in [3.63, 3.8) is 0 Å². The van der Waals surface area contributed by atoms with E-state index in [4.69, 9.17) is 16.3 Å². The lowest BCUT2D eigenvalue weighted by molar-refractivity contribution is -0.130. The van der Waals surface area contributed by atoms with Crippen LogP contribution < -0.4 is 10.1 Å². The molecular formula is C20H21ClFN7O2. The summed E-state index contributed by atoms with van der Waals surface area (Å²) in [5.41, 5.74) is 1.19. The number of hydrogen-bond acceptors (Lipinski definition) is 6. The Morgan fingerprint density at radius 1 is 1.39 bits per heavy atom. The highest BCUT2D eigenvalue weighted by atomic mass is 35.5. The van der Waals surface area contributed by atoms with Gasteiger partial charge in [-0.05, 0) is 25.3 Å². The molecule has 162 valence electrons. The van der Waals surface area contributed by atoms with Crippen LogP contribution in [0, 0.1) is 0 Å². The highest BCUT2D eigenvalue weighted by Gasteiger charge is 2.33. The van der Waals surface area contributed by atoms with Gasteiger partial charge in [-0.3, -0.25) is 9.48 Å². The molecular weight excluding hydrogens is 425 g/mol. The number of H-pyrrole nitrogens is 1. The second-order valence-electron chi connectivity index (χ2n) is 7.73. The zero-order valence-corrected chi connectivity index (χ0v) is 17.3. The summed E-state index contributed by atoms with van der Waals surface area (Å²) in [6.07, 6.45) is 6.67. The number of amides is 1. The molecule has 5 rings (SSSR count). The van der Waals surface area contributed by atoms with Gasteiger partial charge in [-0.2, -0.15) is 15.1 Å². The van der Waals surface area contributed by atoms with Crippen molar-refractivity contribution in [1.29, 1.82) is 0 Å². The predicted octanol–water partition coefficient (Wildman–Crippen LogP) is 3.39. The van der Waals surface area contributed by atoms with E-state index in [9.17, 15) is 9.18 Å². The molecule has 2 atom stereocenters. The molecule has 0 radical (unpaired) electrons. The maximum atomic E-state index is 14.6. The first kappa shape index (κ1) is 19.8. The van der Waals surface area contributed by atoms with E-state index in [2.05, 4.69) is 31.9 Å². The van der Waals surface area contributed by atoms with Crippen LogP contribution in [0.1, 0.15) is 25.3 Å². The standard InChI is InChI=1S/C20H21ClFN7O2/c1-2-16(30)28-6-5-14(22)15(10-28)31-19-17-13(21)8-23-18(17)26-20(27-19)25-11-7-24-29(9-11)12-3-4-12/h2,7-9,12,14-15H,1,3-6,10H2,(H2,23,25,26,27)/t14-,15-/m1/s1. The molecule has 1 saturated carbocycles. The summed E-state index contributed by atoms with van der Waals surface area (Å²) in [6.45, 7) is 3.90. The van der Waals surface area contributed by atoms with Crippen molar-refractivity contribution in [3.8, 4) is 5.88 Å². The first-order valence-corrected chi connectivity index (χ1v) is 10.5. The molecule has 1 saturated heterocycles. The van der Waals surface area contributed by atoms with Crippen molar-refractivity contribution in [2.45, 2.75) is 37.6 Å². The van der Waals surface area contributed by atoms with E-state index in [1.807, 2.05) is 10.9 Å². The van der Waals surface area contributed by atoms with Gasteiger partial charge in [0, 0.05) is 18.9 Å². The minimum absolute atomic E-state index is 0.0937. The molecule has 2 N–H and O–H groups in total. The molecule has 1 aliphatic heterocycles. The van der Waals surface area contributed by atoms with Crippen molar-refractivity contribution in [2.24, 2.45) is 0 Å². The molecule has 3 aromatic heterocycles. The van der Waals surface area contributed by atoms with Crippen LogP contribution >= 0.6 is 11.6 Å². The van der Waals surface area contributed by atoms with Crippen molar-refractivity contribution in [2.75, 3.05) is 18.4 Å². The zero-order chi connectivity index (χ0) is 21.5. The monoisotopic (exact) mass is 445 g/mol. The lowest BCUT2D eigenvalue weighted by atomic mass is 10.1. The van der Waals surface area contributed by atoms with Crippen LogP contribution in [-0.4, -0.2) is 60.9 Å². The predicted molar refractivity (Wildman–Crippen MR) is 113 cm³/mol. The third kappa shape index (κ3) is 3.95. The smallest absolute Gasteiger partial charge is 0.246 e. The molecule has 0 spiro atoms. The number of hydrogen-bond donors (Lipinski definition) is 2. The van der Waals surface area contributed by atoms with E-state index in [1.54, 1.807) is 12.4 Å². The Morgan fingerprint density at radius 3 is 3.00 bits per heavy atom. The molecule has 0 aromatic carbocycles. The highest BCUT2D eigenvalue weighted by molar-refractivity contribution is 6.35. The van der Waals surface area contributed by atoms with Crippen LogP contribution in [0.2, 0.25) is 5.02 Å². The Labute approximate surface area is 182 Å². The summed E-state index contributed by atoms with van der Waals surface area (Å²) in [7, 11) is 0. The number of aromatic nitrogens is 5. The number of likely N-dealkylation sites (tertiary alicyclic amines) is 1. The minimum atomic E-state index is -1.25. The number of fused-ring (bicyclic) bond motifs is 1. The summed E-state index contributed by atoms with van der Waals surface area (Å²) in [4.78, 5) is 25.3. The van der Waals surface area contributed by atoms with Gasteiger partial charge < -0.3 is 19.9 Å². The normalized spacial score (nSPS) is 21.3. The van der Waals surface area contributed by atoms with Crippen LogP contribution in [0.5, 0.6) is 5.88 Å². The quantitative estimate of drug-likeness (QED) is 0.564. The Bertz CT molecular complexity index is 1140. The van der Waals surface area contributed by atoms with Gasteiger partial charge in [0.1, 0.15) is 17.9 Å². The van der Waals surface area contributed by atoms with Crippen LogP contribution in [0.3, 0.4) is 0 Å². The fourth-order valence-electron chi connectivity index (χ4n) is 3.65. The number of halogens is 2. The first-order valence-electron chi connectivity index (χ1n) is 10.1. The fourth-order valence-corrected chi connectivity index (χ4v) is 3.87. The average molecular weight is 446 g/mol. The van der Waals surface area contributed by atoms with E-state index in [-0.39, 0.29) is 30.7 Å². The SMILES string of the molecule is C=CC(=O)N1CC[C@@H](F)[C@H](Oc2nc(Nc3cnn(C4CC4)c3)nc3[nH]cc(Cl)c23)C1. The Balaban J connectivity index is 1.43. The molecule has 11 heteroatoms. The molecule has 2 fully saturated rings. The third-order valence-corrected chi connectivity index (χ3v) is 5.75. The van der Waals surface area contributed by atoms with Gasteiger partial charge in [-0.25, -0.2) is 4.39 Å². The Kier molecular flexibility index (Phi) is 5.01. The number of carbonyl (C=O) groups is 1. The Hall–Kier alpha value is -3.14. The molecule has 1 amide bonds. The minimum Gasteiger partial charge on any atom is -0.469 e. The maximum absolute atomic E-state index is 14.6. The Morgan fingerprint density at radius 2 is 2.23 bits per heavy atom. The second-order valence-corrected chi connectivity index (χ2v) is 8.13. The van der Waals surface area contributed by atoms with Crippen molar-refractivity contribution in [3.05, 3.63) is 36.3 Å². The van der Waals surface area contributed by atoms with Gasteiger partial charge >= 0.3 is 0 Å². The summed E-state index contributed by atoms with van der Waals surface area (Å²) in [5.74, 6) is 0.151. The summed E-state index contributed by atoms with van der Waals surface area (Å²) in [6, 6.07) is 0.453. The number of aromatic amines is 1. The molecule has 4 heterocycles. The highest BCUT2D eigenvalue weighted by Crippen LogP contribution is 2.36. The van der Waals surface area contributed by atoms with Crippen LogP contribution in [0.25, 0.3) is 11.0 Å². The topological polar surface area (TPSA) is 101 Å². The number of nitrogens with zero attached hydrogens (tertiary/aromatic N) is 5. The summed E-state index contributed by atoms with van der Waals surface area (Å²) >= 11 is 6.29. The molecule has 3 aromatic rings. The molecule has 0 unspecified atom stereocenters. The molecule has 2 aliphatic rings. The number of ether oxygens (including phenoxy) is 1. The molecule has 9 nitrogen and oxygen atoms in total. The first-order chi connectivity index (χ1) is 15.0. The van der Waals surface area contributed by atoms with Gasteiger partial charge in [-0.1, -0.05) is 18.2 Å². The van der Waals surface area contributed by atoms with Gasteiger partial charge in [0.15, 0.2) is 0 Å².